The number of carbonyl (C=O) groups excluding carboxylic acids is 1. The summed E-state index contributed by atoms with van der Waals surface area (Å²) in [6.45, 7) is 8.66. The number of fused-ring (bicyclic) bond motifs is 1. The van der Waals surface area contributed by atoms with E-state index in [1.807, 2.05) is 24.3 Å². The van der Waals surface area contributed by atoms with E-state index in [-0.39, 0.29) is 24.2 Å². The molecule has 3 rings (SSSR count). The Morgan fingerprint density at radius 3 is 2.80 bits per heavy atom. The Hall–Kier alpha value is -1.88. The molecule has 1 amide bonds. The molecule has 136 valence electrons. The van der Waals surface area contributed by atoms with Crippen molar-refractivity contribution in [3.8, 4) is 0 Å². The summed E-state index contributed by atoms with van der Waals surface area (Å²) in [5, 5.41) is 2.95. The second kappa shape index (κ2) is 7.16. The number of rotatable bonds is 4. The first-order valence-electron chi connectivity index (χ1n) is 9.24. The number of ether oxygens (including phenoxy) is 1. The summed E-state index contributed by atoms with van der Waals surface area (Å²) in [5.74, 6) is 1.13. The largest absolute Gasteiger partial charge is 0.368 e. The normalized spacial score (nSPS) is 21.4. The minimum atomic E-state index is -0.182. The summed E-state index contributed by atoms with van der Waals surface area (Å²) in [5.41, 5.74) is 1.72. The standard InChI is InChI=1S/C20H29N3O2/c1-14-8-7-9-15(12-14)25-13-18(24)22-19-21-16-10-5-6-11-17(16)23(19)20(2,3)4/h5-6,10-11,14-15H,7-9,12-13H2,1-4H3,(H,21,22,24). The summed E-state index contributed by atoms with van der Waals surface area (Å²) in [4.78, 5) is 17.0. The summed E-state index contributed by atoms with van der Waals surface area (Å²) < 4.78 is 7.91. The molecule has 25 heavy (non-hydrogen) atoms. The van der Waals surface area contributed by atoms with Crippen LogP contribution in [0.2, 0.25) is 0 Å². The van der Waals surface area contributed by atoms with E-state index in [0.29, 0.717) is 11.9 Å². The molecule has 0 spiro atoms. The molecule has 1 aromatic heterocycles. The predicted molar refractivity (Wildman–Crippen MR) is 101 cm³/mol. The Bertz CT molecular complexity index is 745. The predicted octanol–water partition coefficient (Wildman–Crippen LogP) is 4.33. The van der Waals surface area contributed by atoms with Crippen LogP contribution < -0.4 is 5.32 Å². The van der Waals surface area contributed by atoms with Crippen molar-refractivity contribution in [2.75, 3.05) is 11.9 Å². The van der Waals surface area contributed by atoms with E-state index in [1.165, 1.54) is 12.8 Å². The van der Waals surface area contributed by atoms with E-state index in [9.17, 15) is 4.79 Å². The van der Waals surface area contributed by atoms with Gasteiger partial charge in [-0.1, -0.05) is 31.9 Å². The quantitative estimate of drug-likeness (QED) is 0.899. The summed E-state index contributed by atoms with van der Waals surface area (Å²) in [6, 6.07) is 7.95. The number of aromatic nitrogens is 2. The van der Waals surface area contributed by atoms with Gasteiger partial charge in [0.1, 0.15) is 6.61 Å². The number of para-hydroxylation sites is 2. The van der Waals surface area contributed by atoms with Crippen LogP contribution in [-0.4, -0.2) is 28.2 Å². The maximum atomic E-state index is 12.4. The molecular formula is C20H29N3O2. The van der Waals surface area contributed by atoms with E-state index in [4.69, 9.17) is 4.74 Å². The number of nitrogens with one attached hydrogen (secondary N) is 1. The number of nitrogens with zero attached hydrogens (tertiary/aromatic N) is 2. The van der Waals surface area contributed by atoms with Crippen molar-refractivity contribution < 1.29 is 9.53 Å². The molecule has 5 nitrogen and oxygen atoms in total. The SMILES string of the molecule is CC1CCCC(OCC(=O)Nc2nc3ccccc3n2C(C)(C)C)C1. The third kappa shape index (κ3) is 4.21. The molecule has 2 aromatic rings. The van der Waals surface area contributed by atoms with Gasteiger partial charge in [-0.2, -0.15) is 0 Å². The third-order valence-corrected chi connectivity index (χ3v) is 4.82. The average Bonchev–Trinajstić information content (AvgIpc) is 2.91. The zero-order valence-electron chi connectivity index (χ0n) is 15.7. The van der Waals surface area contributed by atoms with Crippen molar-refractivity contribution >= 4 is 22.9 Å². The number of hydrogen-bond donors (Lipinski definition) is 1. The van der Waals surface area contributed by atoms with Gasteiger partial charge in [0.05, 0.1) is 17.1 Å². The van der Waals surface area contributed by atoms with Gasteiger partial charge in [-0.25, -0.2) is 4.98 Å². The Morgan fingerprint density at radius 2 is 2.08 bits per heavy atom. The monoisotopic (exact) mass is 343 g/mol. The minimum absolute atomic E-state index is 0.0880. The van der Waals surface area contributed by atoms with Gasteiger partial charge in [0.25, 0.3) is 5.91 Å². The van der Waals surface area contributed by atoms with Crippen LogP contribution in [0.15, 0.2) is 24.3 Å². The molecule has 1 aliphatic carbocycles. The van der Waals surface area contributed by atoms with E-state index in [1.54, 1.807) is 0 Å². The van der Waals surface area contributed by atoms with E-state index < -0.39 is 0 Å². The van der Waals surface area contributed by atoms with Crippen molar-refractivity contribution in [1.29, 1.82) is 0 Å². The molecule has 0 bridgehead atoms. The first-order chi connectivity index (χ1) is 11.8. The lowest BCUT2D eigenvalue weighted by molar-refractivity contribution is -0.123. The highest BCUT2D eigenvalue weighted by Crippen LogP contribution is 2.28. The zero-order chi connectivity index (χ0) is 18.0. The maximum absolute atomic E-state index is 12.4. The van der Waals surface area contributed by atoms with Gasteiger partial charge in [0.15, 0.2) is 0 Å². The lowest BCUT2D eigenvalue weighted by atomic mass is 9.89. The van der Waals surface area contributed by atoms with Crippen LogP contribution in [-0.2, 0) is 15.1 Å². The van der Waals surface area contributed by atoms with Crippen LogP contribution in [0.3, 0.4) is 0 Å². The number of anilines is 1. The number of imidazole rings is 1. The summed E-state index contributed by atoms with van der Waals surface area (Å²) >= 11 is 0. The fourth-order valence-corrected chi connectivity index (χ4v) is 3.67. The van der Waals surface area contributed by atoms with Crippen LogP contribution in [0.5, 0.6) is 0 Å². The molecule has 2 unspecified atom stereocenters. The van der Waals surface area contributed by atoms with Crippen molar-refractivity contribution in [3.63, 3.8) is 0 Å². The number of amides is 1. The Kier molecular flexibility index (Phi) is 5.13. The van der Waals surface area contributed by atoms with Crippen molar-refractivity contribution in [3.05, 3.63) is 24.3 Å². The molecule has 1 fully saturated rings. The minimum Gasteiger partial charge on any atom is -0.368 e. The Balaban J connectivity index is 1.70. The van der Waals surface area contributed by atoms with Gasteiger partial charge >= 0.3 is 0 Å². The summed E-state index contributed by atoms with van der Waals surface area (Å²) in [6.07, 6.45) is 4.76. The highest BCUT2D eigenvalue weighted by Gasteiger charge is 2.24. The molecule has 1 saturated carbocycles. The van der Waals surface area contributed by atoms with Gasteiger partial charge in [0, 0.05) is 5.54 Å². The molecule has 1 aromatic carbocycles. The van der Waals surface area contributed by atoms with E-state index in [0.717, 1.165) is 23.9 Å². The van der Waals surface area contributed by atoms with Crippen LogP contribution in [0.1, 0.15) is 53.4 Å². The molecule has 0 aliphatic heterocycles. The fraction of sp³-hybridized carbons (Fsp3) is 0.600. The van der Waals surface area contributed by atoms with E-state index in [2.05, 4.69) is 42.6 Å². The first kappa shape index (κ1) is 17.9. The van der Waals surface area contributed by atoms with Crippen LogP contribution in [0.25, 0.3) is 11.0 Å². The number of hydrogen-bond acceptors (Lipinski definition) is 3. The fourth-order valence-electron chi connectivity index (χ4n) is 3.67. The Morgan fingerprint density at radius 1 is 1.32 bits per heavy atom. The highest BCUT2D eigenvalue weighted by molar-refractivity contribution is 5.92. The third-order valence-electron chi connectivity index (χ3n) is 4.82. The molecule has 1 aliphatic rings. The van der Waals surface area contributed by atoms with Crippen molar-refractivity contribution in [1.82, 2.24) is 9.55 Å². The van der Waals surface area contributed by atoms with E-state index >= 15 is 0 Å². The average molecular weight is 343 g/mol. The highest BCUT2D eigenvalue weighted by atomic mass is 16.5. The summed E-state index contributed by atoms with van der Waals surface area (Å²) in [7, 11) is 0. The molecule has 1 N–H and O–H groups in total. The molecule has 0 radical (unpaired) electrons. The molecule has 5 heteroatoms. The molecule has 1 heterocycles. The lowest BCUT2D eigenvalue weighted by Gasteiger charge is -2.27. The second-order valence-corrected chi connectivity index (χ2v) is 8.18. The van der Waals surface area contributed by atoms with Gasteiger partial charge in [-0.15, -0.1) is 0 Å². The Labute approximate surface area is 149 Å². The lowest BCUT2D eigenvalue weighted by Crippen LogP contribution is -2.29. The smallest absolute Gasteiger partial charge is 0.252 e. The van der Waals surface area contributed by atoms with Crippen molar-refractivity contribution in [2.24, 2.45) is 5.92 Å². The molecule has 0 saturated heterocycles. The van der Waals surface area contributed by atoms with Gasteiger partial charge in [-0.3, -0.25) is 10.1 Å². The topological polar surface area (TPSA) is 56.1 Å². The molecular weight excluding hydrogens is 314 g/mol. The van der Waals surface area contributed by atoms with Gasteiger partial charge in [-0.05, 0) is 51.7 Å². The molecule has 2 atom stereocenters. The zero-order valence-corrected chi connectivity index (χ0v) is 15.7. The second-order valence-electron chi connectivity index (χ2n) is 8.18. The van der Waals surface area contributed by atoms with Gasteiger partial charge in [0.2, 0.25) is 5.95 Å². The van der Waals surface area contributed by atoms with Gasteiger partial charge < -0.3 is 9.30 Å². The number of carbonyl (C=O) groups is 1. The van der Waals surface area contributed by atoms with Crippen molar-refractivity contribution in [2.45, 2.75) is 65.0 Å². The first-order valence-corrected chi connectivity index (χ1v) is 9.24. The van der Waals surface area contributed by atoms with Crippen LogP contribution in [0, 0.1) is 5.92 Å². The maximum Gasteiger partial charge on any atom is 0.252 e. The van der Waals surface area contributed by atoms with Crippen LogP contribution in [0.4, 0.5) is 5.95 Å². The number of benzene rings is 1. The van der Waals surface area contributed by atoms with Crippen LogP contribution >= 0.6 is 0 Å².